The van der Waals surface area contributed by atoms with Crippen LogP contribution in [0.25, 0.3) is 0 Å². The molecule has 0 bridgehead atoms. The Bertz CT molecular complexity index is 358. The van der Waals surface area contributed by atoms with Crippen LogP contribution in [0.2, 0.25) is 0 Å². The van der Waals surface area contributed by atoms with Gasteiger partial charge in [-0.1, -0.05) is 13.3 Å². The molecule has 0 saturated heterocycles. The number of hydrogen-bond donors (Lipinski definition) is 4. The second-order valence-electron chi connectivity index (χ2n) is 4.21. The molecular formula is C11H16O8. The zero-order valence-electron chi connectivity index (χ0n) is 10.3. The zero-order valence-corrected chi connectivity index (χ0v) is 10.3. The highest BCUT2D eigenvalue weighted by atomic mass is 16.4. The highest BCUT2D eigenvalue weighted by molar-refractivity contribution is 5.98. The lowest BCUT2D eigenvalue weighted by molar-refractivity contribution is -0.168. The lowest BCUT2D eigenvalue weighted by Crippen LogP contribution is -2.40. The van der Waals surface area contributed by atoms with Crippen molar-refractivity contribution in [2.45, 2.75) is 32.6 Å². The summed E-state index contributed by atoms with van der Waals surface area (Å²) in [4.78, 5) is 43.6. The van der Waals surface area contributed by atoms with Crippen molar-refractivity contribution >= 4 is 23.9 Å². The molecule has 0 aromatic rings. The third-order valence-electron chi connectivity index (χ3n) is 2.95. The fraction of sp³-hybridized carbons (Fsp3) is 0.636. The molecule has 0 unspecified atom stereocenters. The van der Waals surface area contributed by atoms with E-state index in [1.165, 1.54) is 0 Å². The first-order chi connectivity index (χ1) is 8.69. The van der Waals surface area contributed by atoms with Crippen LogP contribution in [0.15, 0.2) is 0 Å². The van der Waals surface area contributed by atoms with Crippen LogP contribution in [0.3, 0.4) is 0 Å². The molecule has 0 aliphatic heterocycles. The van der Waals surface area contributed by atoms with Crippen LogP contribution in [0.4, 0.5) is 0 Å². The first kappa shape index (κ1) is 16.9. The SMILES string of the molecule is CCCC(CCC(C(=O)O)C(=O)O)(C(=O)O)C(=O)O. The van der Waals surface area contributed by atoms with Crippen molar-refractivity contribution in [2.24, 2.45) is 11.3 Å². The van der Waals surface area contributed by atoms with Crippen molar-refractivity contribution in [3.8, 4) is 0 Å². The van der Waals surface area contributed by atoms with Crippen LogP contribution in [0.5, 0.6) is 0 Å². The van der Waals surface area contributed by atoms with Gasteiger partial charge in [-0.2, -0.15) is 0 Å². The summed E-state index contributed by atoms with van der Waals surface area (Å²) in [6, 6.07) is 0. The largest absolute Gasteiger partial charge is 0.481 e. The molecule has 8 nitrogen and oxygen atoms in total. The van der Waals surface area contributed by atoms with Gasteiger partial charge in [0.15, 0.2) is 11.3 Å². The van der Waals surface area contributed by atoms with Gasteiger partial charge in [0.2, 0.25) is 0 Å². The van der Waals surface area contributed by atoms with E-state index in [1.807, 2.05) is 0 Å². The van der Waals surface area contributed by atoms with E-state index in [9.17, 15) is 19.2 Å². The monoisotopic (exact) mass is 276 g/mol. The highest BCUT2D eigenvalue weighted by Gasteiger charge is 2.46. The number of aliphatic carboxylic acids is 4. The fourth-order valence-corrected chi connectivity index (χ4v) is 1.81. The lowest BCUT2D eigenvalue weighted by atomic mass is 9.77. The molecule has 0 rings (SSSR count). The highest BCUT2D eigenvalue weighted by Crippen LogP contribution is 2.32. The van der Waals surface area contributed by atoms with Gasteiger partial charge in [-0.05, 0) is 19.3 Å². The number of carboxylic acids is 4. The number of hydrogen-bond acceptors (Lipinski definition) is 4. The first-order valence-electron chi connectivity index (χ1n) is 5.61. The van der Waals surface area contributed by atoms with Gasteiger partial charge in [-0.25, -0.2) is 0 Å². The first-order valence-corrected chi connectivity index (χ1v) is 5.61. The minimum Gasteiger partial charge on any atom is -0.481 e. The van der Waals surface area contributed by atoms with Crippen LogP contribution in [0, 0.1) is 11.3 Å². The van der Waals surface area contributed by atoms with Gasteiger partial charge in [0.1, 0.15) is 0 Å². The fourth-order valence-electron chi connectivity index (χ4n) is 1.81. The van der Waals surface area contributed by atoms with Crippen molar-refractivity contribution < 1.29 is 39.6 Å². The molecule has 4 N–H and O–H groups in total. The van der Waals surface area contributed by atoms with E-state index in [2.05, 4.69) is 0 Å². The molecule has 108 valence electrons. The van der Waals surface area contributed by atoms with E-state index in [0.717, 1.165) is 0 Å². The maximum atomic E-state index is 11.1. The Kier molecular flexibility index (Phi) is 5.97. The molecule has 0 saturated carbocycles. The standard InChI is InChI=1S/C11H16O8/c1-2-4-11(9(16)17,10(18)19)5-3-6(7(12)13)8(14)15/h6H,2-5H2,1H3,(H,12,13)(H,14,15)(H,16,17)(H,18,19). The molecule has 0 heterocycles. The molecule has 0 fully saturated rings. The maximum absolute atomic E-state index is 11.1. The van der Waals surface area contributed by atoms with E-state index in [-0.39, 0.29) is 12.8 Å². The summed E-state index contributed by atoms with van der Waals surface area (Å²) in [5.41, 5.74) is -2.14. The van der Waals surface area contributed by atoms with Crippen molar-refractivity contribution in [1.29, 1.82) is 0 Å². The summed E-state index contributed by atoms with van der Waals surface area (Å²) < 4.78 is 0. The van der Waals surface area contributed by atoms with Gasteiger partial charge in [0, 0.05) is 0 Å². The third-order valence-corrected chi connectivity index (χ3v) is 2.95. The summed E-state index contributed by atoms with van der Waals surface area (Å²) in [7, 11) is 0. The van der Waals surface area contributed by atoms with Crippen LogP contribution in [-0.4, -0.2) is 44.3 Å². The van der Waals surface area contributed by atoms with Crippen LogP contribution in [0.1, 0.15) is 32.6 Å². The molecule has 0 aromatic heterocycles. The summed E-state index contributed by atoms with van der Waals surface area (Å²) in [6.45, 7) is 1.59. The molecule has 0 aromatic carbocycles. The Labute approximate surface area is 108 Å². The Morgan fingerprint density at radius 3 is 1.58 bits per heavy atom. The van der Waals surface area contributed by atoms with E-state index in [0.29, 0.717) is 0 Å². The van der Waals surface area contributed by atoms with Crippen molar-refractivity contribution in [1.82, 2.24) is 0 Å². The Morgan fingerprint density at radius 1 is 0.895 bits per heavy atom. The van der Waals surface area contributed by atoms with Gasteiger partial charge in [-0.3, -0.25) is 19.2 Å². The third kappa shape index (κ3) is 3.94. The van der Waals surface area contributed by atoms with Gasteiger partial charge < -0.3 is 20.4 Å². The van der Waals surface area contributed by atoms with E-state index >= 15 is 0 Å². The molecule has 0 spiro atoms. The molecule has 19 heavy (non-hydrogen) atoms. The van der Waals surface area contributed by atoms with Gasteiger partial charge in [0.05, 0.1) is 0 Å². The van der Waals surface area contributed by atoms with Crippen LogP contribution in [-0.2, 0) is 19.2 Å². The van der Waals surface area contributed by atoms with E-state index < -0.39 is 48.1 Å². The quantitative estimate of drug-likeness (QED) is 0.445. The minimum absolute atomic E-state index is 0.191. The summed E-state index contributed by atoms with van der Waals surface area (Å²) in [6.07, 6.45) is -1.02. The number of carbonyl (C=O) groups is 4. The molecule has 8 heteroatoms. The molecule has 0 radical (unpaired) electrons. The predicted molar refractivity (Wildman–Crippen MR) is 60.6 cm³/mol. The molecule has 0 aliphatic rings. The van der Waals surface area contributed by atoms with Gasteiger partial charge in [-0.15, -0.1) is 0 Å². The van der Waals surface area contributed by atoms with Crippen molar-refractivity contribution in [2.75, 3.05) is 0 Å². The topological polar surface area (TPSA) is 149 Å². The Hall–Kier alpha value is -2.12. The average Bonchev–Trinajstić information content (AvgIpc) is 2.25. The summed E-state index contributed by atoms with van der Waals surface area (Å²) in [5, 5.41) is 35.4. The van der Waals surface area contributed by atoms with E-state index in [1.54, 1.807) is 6.92 Å². The zero-order chi connectivity index (χ0) is 15.2. The summed E-state index contributed by atoms with van der Waals surface area (Å²) >= 11 is 0. The van der Waals surface area contributed by atoms with Gasteiger partial charge >= 0.3 is 23.9 Å². The molecule has 0 atom stereocenters. The smallest absolute Gasteiger partial charge is 0.321 e. The molecular weight excluding hydrogens is 260 g/mol. The molecule has 0 aliphatic carbocycles. The Balaban J connectivity index is 5.13. The van der Waals surface area contributed by atoms with E-state index in [4.69, 9.17) is 20.4 Å². The van der Waals surface area contributed by atoms with Crippen LogP contribution >= 0.6 is 0 Å². The molecule has 0 amide bonds. The van der Waals surface area contributed by atoms with Crippen molar-refractivity contribution in [3.63, 3.8) is 0 Å². The van der Waals surface area contributed by atoms with Crippen molar-refractivity contribution in [3.05, 3.63) is 0 Å². The second kappa shape index (κ2) is 6.72. The second-order valence-corrected chi connectivity index (χ2v) is 4.21. The maximum Gasteiger partial charge on any atom is 0.321 e. The number of rotatable bonds is 9. The average molecular weight is 276 g/mol. The minimum atomic E-state index is -2.14. The van der Waals surface area contributed by atoms with Gasteiger partial charge in [0.25, 0.3) is 0 Å². The summed E-state index contributed by atoms with van der Waals surface area (Å²) in [5.74, 6) is -8.22. The number of carboxylic acid groups (broad SMARTS) is 4. The Morgan fingerprint density at radius 2 is 1.32 bits per heavy atom. The predicted octanol–water partition coefficient (Wildman–Crippen LogP) is 0.508. The normalized spacial score (nSPS) is 11.3. The van der Waals surface area contributed by atoms with Crippen LogP contribution < -0.4 is 0 Å². The lowest BCUT2D eigenvalue weighted by Gasteiger charge is -2.24.